The fourth-order valence-corrected chi connectivity index (χ4v) is 4.21. The minimum Gasteiger partial charge on any atom is -0.493 e. The lowest BCUT2D eigenvalue weighted by molar-refractivity contribution is -0.145. The quantitative estimate of drug-likeness (QED) is 0.220. The molecule has 1 fully saturated rings. The molecular weight excluding hydrogens is 464 g/mol. The van der Waals surface area contributed by atoms with Crippen molar-refractivity contribution in [2.24, 2.45) is 0 Å². The molecule has 192 valence electrons. The van der Waals surface area contributed by atoms with Gasteiger partial charge in [0.2, 0.25) is 17.4 Å². The first kappa shape index (κ1) is 26.7. The zero-order valence-corrected chi connectivity index (χ0v) is 20.9. The van der Waals surface area contributed by atoms with Crippen LogP contribution in [0, 0.1) is 0 Å². The van der Waals surface area contributed by atoms with Crippen molar-refractivity contribution in [3.05, 3.63) is 53.6 Å². The molecule has 9 nitrogen and oxygen atoms in total. The molecule has 0 bridgehead atoms. The van der Waals surface area contributed by atoms with Crippen molar-refractivity contribution in [2.75, 3.05) is 27.9 Å². The van der Waals surface area contributed by atoms with E-state index in [1.165, 1.54) is 43.9 Å². The smallest absolute Gasteiger partial charge is 0.293 e. The van der Waals surface area contributed by atoms with Crippen molar-refractivity contribution in [1.29, 1.82) is 0 Å². The predicted molar refractivity (Wildman–Crippen MR) is 132 cm³/mol. The third-order valence-electron chi connectivity index (χ3n) is 6.13. The lowest BCUT2D eigenvalue weighted by Gasteiger charge is -2.23. The number of ether oxygens (including phenoxy) is 3. The number of imide groups is 1. The summed E-state index contributed by atoms with van der Waals surface area (Å²) in [5.74, 6) is -1.79. The number of nitrogens with one attached hydrogen (secondary N) is 1. The van der Waals surface area contributed by atoms with Gasteiger partial charge in [0.1, 0.15) is 6.04 Å². The van der Waals surface area contributed by atoms with E-state index < -0.39 is 23.6 Å². The number of likely N-dealkylation sites (tertiary alicyclic amines) is 1. The van der Waals surface area contributed by atoms with Crippen molar-refractivity contribution in [3.63, 3.8) is 0 Å². The van der Waals surface area contributed by atoms with E-state index in [9.17, 15) is 19.2 Å². The van der Waals surface area contributed by atoms with Gasteiger partial charge in [-0.15, -0.1) is 0 Å². The first-order chi connectivity index (χ1) is 17.4. The first-order valence-electron chi connectivity index (χ1n) is 11.9. The Labute approximate surface area is 210 Å². The maximum atomic E-state index is 13.1. The van der Waals surface area contributed by atoms with E-state index in [-0.39, 0.29) is 48.1 Å². The Balaban J connectivity index is 1.65. The highest BCUT2D eigenvalue weighted by Gasteiger charge is 2.34. The van der Waals surface area contributed by atoms with Crippen LogP contribution in [-0.4, -0.2) is 62.3 Å². The molecule has 1 atom stereocenters. The molecule has 1 heterocycles. The van der Waals surface area contributed by atoms with Crippen molar-refractivity contribution in [1.82, 2.24) is 10.2 Å². The maximum absolute atomic E-state index is 13.1. The van der Waals surface area contributed by atoms with E-state index in [2.05, 4.69) is 5.32 Å². The summed E-state index contributed by atoms with van der Waals surface area (Å²) < 4.78 is 15.7. The Bertz CT molecular complexity index is 1080. The summed E-state index contributed by atoms with van der Waals surface area (Å²) in [6.07, 6.45) is 3.25. The second-order valence-electron chi connectivity index (χ2n) is 8.49. The van der Waals surface area contributed by atoms with Crippen LogP contribution in [0.1, 0.15) is 48.0 Å². The number of aryl methyl sites for hydroxylation is 1. The fraction of sp³-hybridized carbons (Fsp3) is 0.407. The van der Waals surface area contributed by atoms with E-state index in [1.807, 2.05) is 30.3 Å². The van der Waals surface area contributed by atoms with Crippen LogP contribution in [0.3, 0.4) is 0 Å². The number of nitrogens with zero attached hydrogens (tertiary/aromatic N) is 1. The molecule has 3 amide bonds. The molecule has 0 aromatic heterocycles. The van der Waals surface area contributed by atoms with Crippen molar-refractivity contribution < 1.29 is 33.4 Å². The van der Waals surface area contributed by atoms with Crippen LogP contribution < -0.4 is 19.5 Å². The second-order valence-corrected chi connectivity index (χ2v) is 8.49. The van der Waals surface area contributed by atoms with Gasteiger partial charge in [-0.3, -0.25) is 24.1 Å². The predicted octanol–water partition coefficient (Wildman–Crippen LogP) is 2.94. The van der Waals surface area contributed by atoms with Crippen LogP contribution in [0.5, 0.6) is 17.2 Å². The van der Waals surface area contributed by atoms with Crippen LogP contribution >= 0.6 is 0 Å². The number of benzene rings is 2. The van der Waals surface area contributed by atoms with Gasteiger partial charge in [0.25, 0.3) is 11.8 Å². The average Bonchev–Trinajstić information content (AvgIpc) is 3.03. The summed E-state index contributed by atoms with van der Waals surface area (Å²) in [6.45, 7) is 0.275. The van der Waals surface area contributed by atoms with E-state index >= 15 is 0 Å². The lowest BCUT2D eigenvalue weighted by Crippen LogP contribution is -2.50. The zero-order valence-electron chi connectivity index (χ0n) is 20.9. The van der Waals surface area contributed by atoms with E-state index in [4.69, 9.17) is 14.2 Å². The van der Waals surface area contributed by atoms with Crippen LogP contribution in [0.25, 0.3) is 0 Å². The molecule has 3 rings (SSSR count). The summed E-state index contributed by atoms with van der Waals surface area (Å²) in [5.41, 5.74) is 1.22. The number of hydrogen-bond acceptors (Lipinski definition) is 7. The molecule has 1 saturated heterocycles. The van der Waals surface area contributed by atoms with Gasteiger partial charge in [0, 0.05) is 18.5 Å². The number of carbonyl (C=O) groups is 4. The van der Waals surface area contributed by atoms with Gasteiger partial charge in [-0.05, 0) is 49.8 Å². The van der Waals surface area contributed by atoms with E-state index in [1.54, 1.807) is 0 Å². The fourth-order valence-electron chi connectivity index (χ4n) is 4.21. The second kappa shape index (κ2) is 12.7. The average molecular weight is 497 g/mol. The van der Waals surface area contributed by atoms with Gasteiger partial charge in [0.15, 0.2) is 11.5 Å². The molecule has 1 aliphatic heterocycles. The van der Waals surface area contributed by atoms with Crippen molar-refractivity contribution in [2.45, 2.75) is 44.6 Å². The number of ketones is 1. The van der Waals surface area contributed by atoms with E-state index in [0.717, 1.165) is 12.8 Å². The van der Waals surface area contributed by atoms with Crippen LogP contribution in [0.2, 0.25) is 0 Å². The van der Waals surface area contributed by atoms with E-state index in [0.29, 0.717) is 12.8 Å². The number of Topliss-reactive ketones (excluding diaryl/α,β-unsaturated/α-hetero) is 1. The molecule has 0 spiro atoms. The molecule has 9 heteroatoms. The van der Waals surface area contributed by atoms with Gasteiger partial charge in [-0.2, -0.15) is 0 Å². The molecule has 36 heavy (non-hydrogen) atoms. The summed E-state index contributed by atoms with van der Waals surface area (Å²) in [5, 5.41) is 2.53. The SMILES string of the molecule is COc1cc(C(=O)C(=O)NC2CCCC(=O)N(CCCCc3ccccc3)C2=O)cc(OC)c1OC. The number of hydrogen-bond donors (Lipinski definition) is 1. The topological polar surface area (TPSA) is 111 Å². The molecule has 1 N–H and O–H groups in total. The standard InChI is InChI=1S/C27H32N2O7/c1-34-21-16-19(17-22(35-2)25(21)36-3)24(31)26(32)28-20-13-9-14-23(30)29(27(20)33)15-8-7-12-18-10-5-4-6-11-18/h4-6,10-11,16-17,20H,7-9,12-15H2,1-3H3,(H,28,32). The van der Waals surface area contributed by atoms with Crippen molar-refractivity contribution >= 4 is 23.5 Å². The maximum Gasteiger partial charge on any atom is 0.293 e. The van der Waals surface area contributed by atoms with Crippen LogP contribution in [-0.2, 0) is 20.8 Å². The third kappa shape index (κ3) is 6.41. The molecule has 0 saturated carbocycles. The van der Waals surface area contributed by atoms with Gasteiger partial charge >= 0.3 is 0 Å². The minimum absolute atomic E-state index is 0.0249. The minimum atomic E-state index is -0.955. The normalized spacial score (nSPS) is 15.8. The summed E-state index contributed by atoms with van der Waals surface area (Å²) in [7, 11) is 4.24. The van der Waals surface area contributed by atoms with Gasteiger partial charge in [-0.1, -0.05) is 30.3 Å². The van der Waals surface area contributed by atoms with Crippen molar-refractivity contribution in [3.8, 4) is 17.2 Å². The number of carbonyl (C=O) groups excluding carboxylic acids is 4. The largest absolute Gasteiger partial charge is 0.493 e. The monoisotopic (exact) mass is 496 g/mol. The van der Waals surface area contributed by atoms with Gasteiger partial charge in [0.05, 0.1) is 21.3 Å². The molecule has 2 aromatic carbocycles. The Hall–Kier alpha value is -3.88. The first-order valence-corrected chi connectivity index (χ1v) is 11.9. The Kier molecular flexibility index (Phi) is 9.44. The molecular formula is C27H32N2O7. The summed E-state index contributed by atoms with van der Waals surface area (Å²) >= 11 is 0. The third-order valence-corrected chi connectivity index (χ3v) is 6.13. The number of methoxy groups -OCH3 is 3. The molecule has 2 aromatic rings. The highest BCUT2D eigenvalue weighted by molar-refractivity contribution is 6.43. The number of rotatable bonds is 11. The highest BCUT2D eigenvalue weighted by Crippen LogP contribution is 2.38. The van der Waals surface area contributed by atoms with Gasteiger partial charge < -0.3 is 19.5 Å². The Morgan fingerprint density at radius 2 is 1.64 bits per heavy atom. The Morgan fingerprint density at radius 3 is 2.25 bits per heavy atom. The Morgan fingerprint density at radius 1 is 0.972 bits per heavy atom. The summed E-state index contributed by atoms with van der Waals surface area (Å²) in [6, 6.07) is 11.8. The van der Waals surface area contributed by atoms with Crippen LogP contribution in [0.4, 0.5) is 0 Å². The number of unbranched alkanes of at least 4 members (excludes halogenated alkanes) is 1. The zero-order chi connectivity index (χ0) is 26.1. The molecule has 0 aliphatic carbocycles. The molecule has 1 aliphatic rings. The highest BCUT2D eigenvalue weighted by atomic mass is 16.5. The van der Waals surface area contributed by atoms with Gasteiger partial charge in [-0.25, -0.2) is 0 Å². The molecule has 1 unspecified atom stereocenters. The molecule has 0 radical (unpaired) electrons. The lowest BCUT2D eigenvalue weighted by atomic mass is 10.1. The summed E-state index contributed by atoms with van der Waals surface area (Å²) in [4.78, 5) is 52.6. The van der Waals surface area contributed by atoms with Crippen LogP contribution in [0.15, 0.2) is 42.5 Å². The number of amides is 3.